The van der Waals surface area contributed by atoms with Crippen LogP contribution < -0.4 is 0 Å². The van der Waals surface area contributed by atoms with E-state index in [1.54, 1.807) is 18.2 Å². The lowest BCUT2D eigenvalue weighted by Gasteiger charge is -2.21. The van der Waals surface area contributed by atoms with E-state index in [4.69, 9.17) is 0 Å². The molecule has 26 heavy (non-hydrogen) atoms. The van der Waals surface area contributed by atoms with E-state index in [1.807, 2.05) is 17.9 Å². The van der Waals surface area contributed by atoms with E-state index in [0.29, 0.717) is 0 Å². The molecule has 0 atom stereocenters. The minimum Gasteiger partial charge on any atom is -0.338 e. The van der Waals surface area contributed by atoms with Crippen LogP contribution in [0.15, 0.2) is 60.7 Å². The van der Waals surface area contributed by atoms with Gasteiger partial charge in [0, 0.05) is 38.8 Å². The van der Waals surface area contributed by atoms with Gasteiger partial charge in [0.1, 0.15) is 5.82 Å². The zero-order valence-corrected chi connectivity index (χ0v) is 15.2. The second kappa shape index (κ2) is 8.77. The number of halogens is 1. The van der Waals surface area contributed by atoms with E-state index < -0.39 is 0 Å². The summed E-state index contributed by atoms with van der Waals surface area (Å²) in [5.74, 6) is -0.229. The average molecular weight is 352 g/mol. The minimum absolute atomic E-state index is 0.0355. The van der Waals surface area contributed by atoms with Crippen molar-refractivity contribution >= 4 is 11.5 Å². The summed E-state index contributed by atoms with van der Waals surface area (Å²) in [6.45, 7) is 6.21. The van der Waals surface area contributed by atoms with Gasteiger partial charge in [-0.25, -0.2) is 4.39 Å². The van der Waals surface area contributed by atoms with Gasteiger partial charge in [0.15, 0.2) is 0 Å². The second-order valence-electron chi connectivity index (χ2n) is 6.77. The molecule has 0 bridgehead atoms. The lowest BCUT2D eigenvalue weighted by atomic mass is 10.1. The summed E-state index contributed by atoms with van der Waals surface area (Å²) in [7, 11) is 0. The fourth-order valence-corrected chi connectivity index (χ4v) is 3.26. The number of allylic oxidation sites excluding steroid dienone is 1. The maximum absolute atomic E-state index is 13.0. The molecule has 1 fully saturated rings. The van der Waals surface area contributed by atoms with E-state index in [9.17, 15) is 9.18 Å². The number of hydrogen-bond acceptors (Lipinski definition) is 2. The van der Waals surface area contributed by atoms with Crippen molar-refractivity contribution in [2.75, 3.05) is 26.2 Å². The standard InChI is InChI=1S/C22H25FN2O/c1-18(20-8-10-21(23)11-9-20)16-22(26)25-13-5-12-24(14-15-25)17-19-6-3-2-4-7-19/h2-4,6-11,16H,5,12-15,17H2,1H3/b18-16-. The van der Waals surface area contributed by atoms with Crippen molar-refractivity contribution < 1.29 is 9.18 Å². The molecule has 136 valence electrons. The summed E-state index contributed by atoms with van der Waals surface area (Å²) < 4.78 is 13.0. The first kappa shape index (κ1) is 18.3. The summed E-state index contributed by atoms with van der Waals surface area (Å²) >= 11 is 0. The largest absolute Gasteiger partial charge is 0.338 e. The van der Waals surface area contributed by atoms with Crippen molar-refractivity contribution in [1.82, 2.24) is 9.80 Å². The molecule has 1 saturated heterocycles. The van der Waals surface area contributed by atoms with Crippen molar-refractivity contribution in [3.63, 3.8) is 0 Å². The lowest BCUT2D eigenvalue weighted by Crippen LogP contribution is -2.34. The van der Waals surface area contributed by atoms with Crippen molar-refractivity contribution in [1.29, 1.82) is 0 Å². The molecule has 1 aliphatic rings. The van der Waals surface area contributed by atoms with Gasteiger partial charge in [0.05, 0.1) is 0 Å². The fourth-order valence-electron chi connectivity index (χ4n) is 3.26. The quantitative estimate of drug-likeness (QED) is 0.778. The van der Waals surface area contributed by atoms with Crippen molar-refractivity contribution in [3.8, 4) is 0 Å². The summed E-state index contributed by atoms with van der Waals surface area (Å²) in [5.41, 5.74) is 3.04. The Morgan fingerprint density at radius 3 is 2.46 bits per heavy atom. The summed E-state index contributed by atoms with van der Waals surface area (Å²) in [5, 5.41) is 0. The SMILES string of the molecule is C/C(=C/C(=O)N1CCCN(Cc2ccccc2)CC1)c1ccc(F)cc1. The number of carbonyl (C=O) groups excluding carboxylic acids is 1. The normalized spacial score (nSPS) is 16.4. The number of rotatable bonds is 4. The Bertz CT molecular complexity index is 755. The fraction of sp³-hybridized carbons (Fsp3) is 0.318. The number of hydrogen-bond donors (Lipinski definition) is 0. The van der Waals surface area contributed by atoms with Crippen LogP contribution in [-0.2, 0) is 11.3 Å². The third kappa shape index (κ3) is 5.02. The predicted octanol–water partition coefficient (Wildman–Crippen LogP) is 3.96. The Kier molecular flexibility index (Phi) is 6.18. The molecule has 3 rings (SSSR count). The van der Waals surface area contributed by atoms with Crippen LogP contribution in [0.25, 0.3) is 5.57 Å². The topological polar surface area (TPSA) is 23.6 Å². The molecule has 2 aromatic rings. The van der Waals surface area contributed by atoms with Gasteiger partial charge < -0.3 is 4.90 Å². The minimum atomic E-state index is -0.265. The number of amides is 1. The van der Waals surface area contributed by atoms with Gasteiger partial charge in [-0.1, -0.05) is 42.5 Å². The highest BCUT2D eigenvalue weighted by Gasteiger charge is 2.18. The average Bonchev–Trinajstić information content (AvgIpc) is 2.89. The molecule has 1 amide bonds. The van der Waals surface area contributed by atoms with Gasteiger partial charge in [0.2, 0.25) is 5.91 Å². The predicted molar refractivity (Wildman–Crippen MR) is 103 cm³/mol. The van der Waals surface area contributed by atoms with E-state index in [-0.39, 0.29) is 11.7 Å². The first-order chi connectivity index (χ1) is 12.6. The van der Waals surface area contributed by atoms with Gasteiger partial charge in [-0.3, -0.25) is 9.69 Å². The summed E-state index contributed by atoms with van der Waals surface area (Å²) in [6.07, 6.45) is 2.64. The molecule has 1 aliphatic heterocycles. The first-order valence-electron chi connectivity index (χ1n) is 9.11. The Hall–Kier alpha value is -2.46. The number of nitrogens with zero attached hydrogens (tertiary/aromatic N) is 2. The van der Waals surface area contributed by atoms with Gasteiger partial charge in [-0.05, 0) is 42.2 Å². The lowest BCUT2D eigenvalue weighted by molar-refractivity contribution is -0.125. The maximum Gasteiger partial charge on any atom is 0.246 e. The highest BCUT2D eigenvalue weighted by atomic mass is 19.1. The molecule has 4 heteroatoms. The van der Waals surface area contributed by atoms with Gasteiger partial charge >= 0.3 is 0 Å². The molecular formula is C22H25FN2O. The Morgan fingerprint density at radius 1 is 1.00 bits per heavy atom. The van der Waals surface area contributed by atoms with Gasteiger partial charge in [0.25, 0.3) is 0 Å². The van der Waals surface area contributed by atoms with Gasteiger partial charge in [-0.15, -0.1) is 0 Å². The molecule has 0 aromatic heterocycles. The molecular weight excluding hydrogens is 327 g/mol. The zero-order chi connectivity index (χ0) is 18.4. The van der Waals surface area contributed by atoms with Crippen molar-refractivity contribution in [2.24, 2.45) is 0 Å². The van der Waals surface area contributed by atoms with Crippen LogP contribution in [0.3, 0.4) is 0 Å². The zero-order valence-electron chi connectivity index (χ0n) is 15.2. The Labute approximate surface area is 154 Å². The Morgan fingerprint density at radius 2 is 1.73 bits per heavy atom. The van der Waals surface area contributed by atoms with Gasteiger partial charge in [-0.2, -0.15) is 0 Å². The number of benzene rings is 2. The van der Waals surface area contributed by atoms with Crippen LogP contribution >= 0.6 is 0 Å². The monoisotopic (exact) mass is 352 g/mol. The molecule has 0 unspecified atom stereocenters. The molecule has 0 radical (unpaired) electrons. The van der Waals surface area contributed by atoms with Crippen LogP contribution in [0, 0.1) is 5.82 Å². The van der Waals surface area contributed by atoms with E-state index in [1.165, 1.54) is 17.7 Å². The van der Waals surface area contributed by atoms with Crippen LogP contribution in [0.5, 0.6) is 0 Å². The van der Waals surface area contributed by atoms with Crippen molar-refractivity contribution in [3.05, 3.63) is 77.6 Å². The number of carbonyl (C=O) groups is 1. The second-order valence-corrected chi connectivity index (χ2v) is 6.77. The smallest absolute Gasteiger partial charge is 0.246 e. The summed E-state index contributed by atoms with van der Waals surface area (Å²) in [6, 6.07) is 16.7. The van der Waals surface area contributed by atoms with E-state index in [2.05, 4.69) is 29.2 Å². The first-order valence-corrected chi connectivity index (χ1v) is 9.11. The molecule has 0 N–H and O–H groups in total. The third-order valence-electron chi connectivity index (χ3n) is 4.79. The Balaban J connectivity index is 1.58. The van der Waals surface area contributed by atoms with E-state index in [0.717, 1.165) is 50.3 Å². The molecule has 2 aromatic carbocycles. The van der Waals surface area contributed by atoms with Crippen LogP contribution in [0.4, 0.5) is 4.39 Å². The van der Waals surface area contributed by atoms with Crippen LogP contribution in [0.1, 0.15) is 24.5 Å². The van der Waals surface area contributed by atoms with Crippen molar-refractivity contribution in [2.45, 2.75) is 19.9 Å². The van der Waals surface area contributed by atoms with E-state index >= 15 is 0 Å². The van der Waals surface area contributed by atoms with Crippen LogP contribution in [-0.4, -0.2) is 41.9 Å². The maximum atomic E-state index is 13.0. The molecule has 3 nitrogen and oxygen atoms in total. The summed E-state index contributed by atoms with van der Waals surface area (Å²) in [4.78, 5) is 16.9. The van der Waals surface area contributed by atoms with Crippen LogP contribution in [0.2, 0.25) is 0 Å². The third-order valence-corrected chi connectivity index (χ3v) is 4.79. The highest BCUT2D eigenvalue weighted by Crippen LogP contribution is 2.15. The molecule has 0 aliphatic carbocycles. The molecule has 0 spiro atoms. The molecule has 0 saturated carbocycles. The molecule has 1 heterocycles. The highest BCUT2D eigenvalue weighted by molar-refractivity contribution is 5.94.